The van der Waals surface area contributed by atoms with Crippen molar-refractivity contribution in [3.8, 4) is 0 Å². The van der Waals surface area contributed by atoms with E-state index in [2.05, 4.69) is 11.8 Å². The monoisotopic (exact) mass is 338 g/mol. The molecule has 1 saturated heterocycles. The highest BCUT2D eigenvalue weighted by molar-refractivity contribution is 6.30. The summed E-state index contributed by atoms with van der Waals surface area (Å²) in [5, 5.41) is 10.2. The summed E-state index contributed by atoms with van der Waals surface area (Å²) in [7, 11) is 1.84. The molecule has 1 aliphatic heterocycles. The zero-order valence-corrected chi connectivity index (χ0v) is 15.0. The highest BCUT2D eigenvalue weighted by Crippen LogP contribution is 2.29. The molecule has 1 aromatic carbocycles. The van der Waals surface area contributed by atoms with E-state index in [0.717, 1.165) is 31.5 Å². The molecule has 23 heavy (non-hydrogen) atoms. The van der Waals surface area contributed by atoms with Gasteiger partial charge in [-0.25, -0.2) is 0 Å². The van der Waals surface area contributed by atoms with E-state index < -0.39 is 0 Å². The number of hydrogen-bond acceptors (Lipinski definition) is 3. The molecular formula is C18H27ClN2O2. The van der Waals surface area contributed by atoms with E-state index in [-0.39, 0.29) is 24.0 Å². The number of hydrogen-bond donors (Lipinski definition) is 1. The first-order valence-electron chi connectivity index (χ1n) is 8.19. The van der Waals surface area contributed by atoms with E-state index in [1.807, 2.05) is 38.2 Å². The third kappa shape index (κ3) is 4.69. The zero-order valence-electron chi connectivity index (χ0n) is 14.3. The van der Waals surface area contributed by atoms with Crippen LogP contribution in [0.4, 0.5) is 0 Å². The molecule has 128 valence electrons. The number of piperidine rings is 1. The zero-order chi connectivity index (χ0) is 17.0. The van der Waals surface area contributed by atoms with Gasteiger partial charge < -0.3 is 10.0 Å². The molecule has 1 aliphatic rings. The maximum absolute atomic E-state index is 12.6. The normalized spacial score (nSPS) is 23.5. The predicted octanol–water partition coefficient (Wildman–Crippen LogP) is 2.95. The molecule has 1 amide bonds. The summed E-state index contributed by atoms with van der Waals surface area (Å²) in [6, 6.07) is 7.63. The number of halogens is 1. The van der Waals surface area contributed by atoms with E-state index in [4.69, 9.17) is 11.6 Å². The van der Waals surface area contributed by atoms with Crippen LogP contribution in [0, 0.1) is 5.41 Å². The number of likely N-dealkylation sites (N-methyl/N-ethyl adjacent to an activating group) is 1. The Kier molecular flexibility index (Phi) is 6.06. The molecule has 0 radical (unpaired) electrons. The lowest BCUT2D eigenvalue weighted by Gasteiger charge is -2.39. The van der Waals surface area contributed by atoms with Crippen molar-refractivity contribution in [2.45, 2.75) is 32.7 Å². The Bertz CT molecular complexity index is 534. The fourth-order valence-corrected chi connectivity index (χ4v) is 3.30. The van der Waals surface area contributed by atoms with Gasteiger partial charge >= 0.3 is 0 Å². The maximum atomic E-state index is 12.6. The molecule has 1 N–H and O–H groups in total. The number of carbonyl (C=O) groups is 1. The first-order chi connectivity index (χ1) is 10.8. The van der Waals surface area contributed by atoms with Crippen molar-refractivity contribution in [1.29, 1.82) is 0 Å². The average molecular weight is 339 g/mol. The molecule has 0 saturated carbocycles. The first-order valence-corrected chi connectivity index (χ1v) is 8.57. The van der Waals surface area contributed by atoms with Gasteiger partial charge in [0.1, 0.15) is 0 Å². The summed E-state index contributed by atoms with van der Waals surface area (Å²) in [6.45, 7) is 6.39. The number of carbonyl (C=O) groups excluding carboxylic acids is 1. The largest absolute Gasteiger partial charge is 0.396 e. The minimum Gasteiger partial charge on any atom is -0.396 e. The second-order valence-corrected chi connectivity index (χ2v) is 7.45. The first kappa shape index (κ1) is 18.2. The van der Waals surface area contributed by atoms with Gasteiger partial charge in [-0.15, -0.1) is 0 Å². The Morgan fingerprint density at radius 1 is 1.43 bits per heavy atom. The minimum absolute atomic E-state index is 0.00813. The smallest absolute Gasteiger partial charge is 0.236 e. The summed E-state index contributed by atoms with van der Waals surface area (Å²) in [6.07, 6.45) is 2.05. The molecule has 2 atom stereocenters. The Morgan fingerprint density at radius 2 is 2.09 bits per heavy atom. The van der Waals surface area contributed by atoms with E-state index in [1.54, 1.807) is 4.90 Å². The molecule has 2 rings (SSSR count). The van der Waals surface area contributed by atoms with Gasteiger partial charge in [0.05, 0.1) is 12.6 Å². The molecule has 1 aromatic rings. The minimum atomic E-state index is -0.0844. The van der Waals surface area contributed by atoms with Crippen molar-refractivity contribution < 1.29 is 9.90 Å². The van der Waals surface area contributed by atoms with Crippen LogP contribution in [0.25, 0.3) is 0 Å². The fraction of sp³-hybridized carbons (Fsp3) is 0.611. The molecule has 0 aromatic heterocycles. The summed E-state index contributed by atoms with van der Waals surface area (Å²) in [5.41, 5.74) is 0.989. The molecule has 0 bridgehead atoms. The van der Waals surface area contributed by atoms with E-state index in [9.17, 15) is 9.90 Å². The average Bonchev–Trinajstić information content (AvgIpc) is 2.54. The summed E-state index contributed by atoms with van der Waals surface area (Å²) in [5.74, 6) is 0.106. The van der Waals surface area contributed by atoms with Crippen molar-refractivity contribution in [3.63, 3.8) is 0 Å². The highest BCUT2D eigenvalue weighted by Gasteiger charge is 2.31. The van der Waals surface area contributed by atoms with Crippen LogP contribution in [-0.2, 0) is 4.79 Å². The molecule has 1 fully saturated rings. The van der Waals surface area contributed by atoms with Gasteiger partial charge in [-0.1, -0.05) is 30.7 Å². The van der Waals surface area contributed by atoms with Crippen LogP contribution >= 0.6 is 11.6 Å². The van der Waals surface area contributed by atoms with E-state index >= 15 is 0 Å². The van der Waals surface area contributed by atoms with Crippen molar-refractivity contribution >= 4 is 17.5 Å². The molecule has 0 aliphatic carbocycles. The fourth-order valence-electron chi connectivity index (χ4n) is 3.18. The van der Waals surface area contributed by atoms with Crippen molar-refractivity contribution in [2.75, 3.05) is 33.3 Å². The molecule has 0 spiro atoms. The second-order valence-electron chi connectivity index (χ2n) is 7.02. The van der Waals surface area contributed by atoms with Gasteiger partial charge in [0.15, 0.2) is 0 Å². The Balaban J connectivity index is 1.95. The highest BCUT2D eigenvalue weighted by atomic mass is 35.5. The Morgan fingerprint density at radius 3 is 2.70 bits per heavy atom. The number of aliphatic hydroxyl groups is 1. The number of benzene rings is 1. The molecule has 4 nitrogen and oxygen atoms in total. The van der Waals surface area contributed by atoms with Gasteiger partial charge in [0, 0.05) is 30.6 Å². The number of nitrogens with zero attached hydrogens (tertiary/aromatic N) is 2. The second kappa shape index (κ2) is 7.65. The third-order valence-corrected chi connectivity index (χ3v) is 5.18. The lowest BCUT2D eigenvalue weighted by atomic mass is 9.83. The standard InChI is InChI=1S/C18H27ClN2O2/c1-14(15-5-7-16(19)8-6-15)20(3)17(23)11-21-10-4-9-18(2,12-21)13-22/h5-8,14,22H,4,9-13H2,1-3H3. The van der Waals surface area contributed by atoms with Crippen LogP contribution in [0.5, 0.6) is 0 Å². The maximum Gasteiger partial charge on any atom is 0.236 e. The Hall–Kier alpha value is -1.10. The quantitative estimate of drug-likeness (QED) is 0.897. The van der Waals surface area contributed by atoms with Gasteiger partial charge in [-0.05, 0) is 44.0 Å². The van der Waals surface area contributed by atoms with Gasteiger partial charge in [-0.3, -0.25) is 9.69 Å². The molecular weight excluding hydrogens is 312 g/mol. The lowest BCUT2D eigenvalue weighted by Crippen LogP contribution is -2.48. The van der Waals surface area contributed by atoms with Gasteiger partial charge in [0.25, 0.3) is 0 Å². The van der Waals surface area contributed by atoms with Crippen molar-refractivity contribution in [1.82, 2.24) is 9.80 Å². The summed E-state index contributed by atoms with van der Waals surface area (Å²) in [4.78, 5) is 16.5. The topological polar surface area (TPSA) is 43.8 Å². The summed E-state index contributed by atoms with van der Waals surface area (Å²) >= 11 is 5.92. The van der Waals surface area contributed by atoms with Gasteiger partial charge in [-0.2, -0.15) is 0 Å². The number of amides is 1. The third-order valence-electron chi connectivity index (χ3n) is 4.93. The SMILES string of the molecule is CC(c1ccc(Cl)cc1)N(C)C(=O)CN1CCCC(C)(CO)C1. The van der Waals surface area contributed by atoms with Crippen LogP contribution < -0.4 is 0 Å². The lowest BCUT2D eigenvalue weighted by molar-refractivity contribution is -0.134. The van der Waals surface area contributed by atoms with Crippen LogP contribution in [-0.4, -0.2) is 54.1 Å². The number of rotatable bonds is 5. The van der Waals surface area contributed by atoms with Crippen LogP contribution in [0.3, 0.4) is 0 Å². The van der Waals surface area contributed by atoms with Crippen molar-refractivity contribution in [2.24, 2.45) is 5.41 Å². The molecule has 1 heterocycles. The molecule has 5 heteroatoms. The van der Waals surface area contributed by atoms with Crippen LogP contribution in [0.15, 0.2) is 24.3 Å². The van der Waals surface area contributed by atoms with E-state index in [1.165, 1.54) is 0 Å². The predicted molar refractivity (Wildman–Crippen MR) is 93.5 cm³/mol. The van der Waals surface area contributed by atoms with E-state index in [0.29, 0.717) is 11.6 Å². The summed E-state index contributed by atoms with van der Waals surface area (Å²) < 4.78 is 0. The Labute approximate surface area is 144 Å². The van der Waals surface area contributed by atoms with Crippen molar-refractivity contribution in [3.05, 3.63) is 34.9 Å². The van der Waals surface area contributed by atoms with Gasteiger partial charge in [0.2, 0.25) is 5.91 Å². The van der Waals surface area contributed by atoms with Crippen LogP contribution in [0.1, 0.15) is 38.3 Å². The number of aliphatic hydroxyl groups excluding tert-OH is 1. The van der Waals surface area contributed by atoms with Crippen LogP contribution in [0.2, 0.25) is 5.02 Å². The number of likely N-dealkylation sites (tertiary alicyclic amines) is 1. The molecule has 2 unspecified atom stereocenters.